The van der Waals surface area contributed by atoms with E-state index in [1.807, 2.05) is 24.3 Å². The molecule has 2 aromatic heterocycles. The molecule has 0 aliphatic carbocycles. The van der Waals surface area contributed by atoms with Crippen LogP contribution < -0.4 is 19.8 Å². The monoisotopic (exact) mass is 493 g/mol. The molecule has 36 heavy (non-hydrogen) atoms. The smallest absolute Gasteiger partial charge is 0.309 e. The maximum atomic E-state index is 12.6. The van der Waals surface area contributed by atoms with Crippen LogP contribution in [0.4, 0.5) is 0 Å². The van der Waals surface area contributed by atoms with Gasteiger partial charge in [-0.1, -0.05) is 0 Å². The lowest BCUT2D eigenvalue weighted by atomic mass is 9.75. The molecule has 0 atom stereocenters. The van der Waals surface area contributed by atoms with E-state index in [-0.39, 0.29) is 5.56 Å². The average Bonchev–Trinajstić information content (AvgIpc) is 2.90. The van der Waals surface area contributed by atoms with Gasteiger partial charge in [0.2, 0.25) is 0 Å². The van der Waals surface area contributed by atoms with Gasteiger partial charge in [-0.3, -0.25) is 19.5 Å². The van der Waals surface area contributed by atoms with Crippen molar-refractivity contribution in [3.8, 4) is 17.2 Å². The van der Waals surface area contributed by atoms with E-state index in [9.17, 15) is 14.7 Å². The zero-order valence-corrected chi connectivity index (χ0v) is 20.4. The summed E-state index contributed by atoms with van der Waals surface area (Å²) in [7, 11) is 1.60. The predicted octanol–water partition coefficient (Wildman–Crippen LogP) is 3.32. The predicted molar refractivity (Wildman–Crippen MR) is 134 cm³/mol. The topological polar surface area (TPSA) is 103 Å². The van der Waals surface area contributed by atoms with Gasteiger partial charge in [0.1, 0.15) is 19.0 Å². The van der Waals surface area contributed by atoms with Gasteiger partial charge in [0.05, 0.1) is 29.9 Å². The van der Waals surface area contributed by atoms with Gasteiger partial charge in [0.25, 0.3) is 5.56 Å². The highest BCUT2D eigenvalue weighted by Gasteiger charge is 2.41. The molecular weight excluding hydrogens is 462 g/mol. The number of aliphatic carboxylic acids is 1. The summed E-state index contributed by atoms with van der Waals surface area (Å²) >= 11 is 0. The molecule has 9 heteroatoms. The molecule has 0 radical (unpaired) electrons. The van der Waals surface area contributed by atoms with Crippen molar-refractivity contribution in [1.82, 2.24) is 14.5 Å². The number of carbonyl (C=O) groups is 1. The van der Waals surface area contributed by atoms with Crippen LogP contribution in [-0.4, -0.2) is 58.9 Å². The molecule has 0 saturated carbocycles. The molecule has 2 aliphatic rings. The lowest BCUT2D eigenvalue weighted by molar-refractivity contribution is -0.152. The maximum Gasteiger partial charge on any atom is 0.309 e. The van der Waals surface area contributed by atoms with Crippen molar-refractivity contribution in [1.29, 1.82) is 0 Å². The molecule has 4 heterocycles. The van der Waals surface area contributed by atoms with Crippen LogP contribution in [0, 0.1) is 5.41 Å². The van der Waals surface area contributed by atoms with E-state index in [0.29, 0.717) is 82.3 Å². The Kier molecular flexibility index (Phi) is 6.82. The van der Waals surface area contributed by atoms with Crippen molar-refractivity contribution in [3.05, 3.63) is 58.6 Å². The first-order valence-corrected chi connectivity index (χ1v) is 12.4. The summed E-state index contributed by atoms with van der Waals surface area (Å²) in [5.41, 5.74) is 0.797. The molecule has 1 N–H and O–H groups in total. The highest BCUT2D eigenvalue weighted by molar-refractivity contribution is 5.80. The normalized spacial score (nSPS) is 17.1. The van der Waals surface area contributed by atoms with Gasteiger partial charge in [0.15, 0.2) is 11.5 Å². The summed E-state index contributed by atoms with van der Waals surface area (Å²) in [6, 6.07) is 10.9. The quantitative estimate of drug-likeness (QED) is 0.510. The number of hydrogen-bond donors (Lipinski definition) is 1. The number of hydrogen-bond acceptors (Lipinski definition) is 7. The fraction of sp³-hybridized carbons (Fsp3) is 0.444. The minimum atomic E-state index is -0.789. The van der Waals surface area contributed by atoms with Crippen LogP contribution in [0.3, 0.4) is 0 Å². The van der Waals surface area contributed by atoms with Gasteiger partial charge in [-0.2, -0.15) is 0 Å². The first-order valence-electron chi connectivity index (χ1n) is 12.4. The van der Waals surface area contributed by atoms with Gasteiger partial charge in [-0.15, -0.1) is 0 Å². The third-order valence-electron chi connectivity index (χ3n) is 7.38. The molecule has 2 aliphatic heterocycles. The lowest BCUT2D eigenvalue weighted by Crippen LogP contribution is -2.44. The number of methoxy groups -OCH3 is 1. The fourth-order valence-electron chi connectivity index (χ4n) is 5.22. The van der Waals surface area contributed by atoms with Crippen LogP contribution in [0.2, 0.25) is 0 Å². The van der Waals surface area contributed by atoms with Crippen molar-refractivity contribution >= 4 is 16.9 Å². The van der Waals surface area contributed by atoms with E-state index in [4.69, 9.17) is 14.2 Å². The van der Waals surface area contributed by atoms with E-state index in [0.717, 1.165) is 16.6 Å². The number of nitrogens with zero attached hydrogens (tertiary/aromatic N) is 3. The molecule has 3 aromatic rings. The van der Waals surface area contributed by atoms with Gasteiger partial charge in [-0.05, 0) is 62.4 Å². The molecule has 0 bridgehead atoms. The second-order valence-corrected chi connectivity index (χ2v) is 9.53. The van der Waals surface area contributed by atoms with Gasteiger partial charge in [-0.25, -0.2) is 0 Å². The first kappa shape index (κ1) is 24.1. The van der Waals surface area contributed by atoms with Crippen LogP contribution in [0.5, 0.6) is 17.2 Å². The summed E-state index contributed by atoms with van der Waals surface area (Å²) in [6.07, 6.45) is 3.94. The number of aryl methyl sites for hydroxylation is 1. The number of fused-ring (bicyclic) bond motifs is 2. The Morgan fingerprint density at radius 2 is 1.86 bits per heavy atom. The summed E-state index contributed by atoms with van der Waals surface area (Å²) in [4.78, 5) is 31.7. The summed E-state index contributed by atoms with van der Waals surface area (Å²) in [5.74, 6) is 1.30. The Morgan fingerprint density at radius 3 is 2.61 bits per heavy atom. The molecule has 0 spiro atoms. The van der Waals surface area contributed by atoms with Crippen molar-refractivity contribution in [2.24, 2.45) is 5.41 Å². The minimum Gasteiger partial charge on any atom is -0.497 e. The number of carboxylic acid groups (broad SMARTS) is 1. The number of likely N-dealkylation sites (tertiary alicyclic amines) is 1. The largest absolute Gasteiger partial charge is 0.497 e. The van der Waals surface area contributed by atoms with Crippen LogP contribution in [0.25, 0.3) is 10.9 Å². The Hall–Kier alpha value is -3.59. The SMILES string of the molecule is COc1ccc2ccc(=O)n(CCCC3(C(=O)O)CCN(Cc4cc5c(cn4)OCCO5)CC3)c2c1. The zero-order valence-electron chi connectivity index (χ0n) is 20.4. The van der Waals surface area contributed by atoms with Crippen LogP contribution in [-0.2, 0) is 17.9 Å². The van der Waals surface area contributed by atoms with Crippen LogP contribution in [0.15, 0.2) is 47.4 Å². The molecule has 5 rings (SSSR count). The number of aromatic nitrogens is 2. The Balaban J connectivity index is 1.22. The molecule has 1 saturated heterocycles. The molecule has 9 nitrogen and oxygen atoms in total. The highest BCUT2D eigenvalue weighted by Crippen LogP contribution is 2.38. The summed E-state index contributed by atoms with van der Waals surface area (Å²) < 4.78 is 18.2. The van der Waals surface area contributed by atoms with E-state index < -0.39 is 11.4 Å². The van der Waals surface area contributed by atoms with Crippen LogP contribution in [0.1, 0.15) is 31.4 Å². The molecule has 190 valence electrons. The minimum absolute atomic E-state index is 0.0955. The first-order chi connectivity index (χ1) is 17.5. The van der Waals surface area contributed by atoms with Crippen molar-refractivity contribution in [2.75, 3.05) is 33.4 Å². The molecule has 0 amide bonds. The number of carboxylic acids is 1. The third-order valence-corrected chi connectivity index (χ3v) is 7.38. The zero-order chi connectivity index (χ0) is 25.1. The number of benzene rings is 1. The second-order valence-electron chi connectivity index (χ2n) is 9.53. The highest BCUT2D eigenvalue weighted by atomic mass is 16.6. The molecular formula is C27H31N3O6. The van der Waals surface area contributed by atoms with Crippen molar-refractivity contribution < 1.29 is 24.1 Å². The van der Waals surface area contributed by atoms with Crippen molar-refractivity contribution in [2.45, 2.75) is 38.8 Å². The fourth-order valence-corrected chi connectivity index (χ4v) is 5.22. The van der Waals surface area contributed by atoms with E-state index in [1.165, 1.54) is 0 Å². The molecule has 1 fully saturated rings. The molecule has 0 unspecified atom stereocenters. The third kappa shape index (κ3) is 4.88. The van der Waals surface area contributed by atoms with Gasteiger partial charge >= 0.3 is 5.97 Å². The summed E-state index contributed by atoms with van der Waals surface area (Å²) in [5, 5.41) is 11.1. The Bertz CT molecular complexity index is 1310. The average molecular weight is 494 g/mol. The second kappa shape index (κ2) is 10.2. The number of rotatable bonds is 8. The van der Waals surface area contributed by atoms with E-state index >= 15 is 0 Å². The molecule has 1 aromatic carbocycles. The summed E-state index contributed by atoms with van der Waals surface area (Å²) in [6.45, 7) is 3.50. The van der Waals surface area contributed by atoms with Gasteiger partial charge < -0.3 is 23.9 Å². The van der Waals surface area contributed by atoms with Gasteiger partial charge in [0, 0.05) is 31.3 Å². The standard InChI is InChI=1S/C27H31N3O6/c1-34-21-5-3-19-4-6-25(31)30(22(19)16-21)10-2-7-27(26(32)33)8-11-29(12-9-27)18-20-15-23-24(17-28-20)36-14-13-35-23/h3-6,15-17H,2,7-14,18H2,1H3,(H,32,33). The van der Waals surface area contributed by atoms with E-state index in [1.54, 1.807) is 30.0 Å². The Labute approximate surface area is 209 Å². The number of piperidine rings is 1. The maximum absolute atomic E-state index is 12.6. The van der Waals surface area contributed by atoms with Crippen LogP contribution >= 0.6 is 0 Å². The number of pyridine rings is 2. The van der Waals surface area contributed by atoms with Crippen molar-refractivity contribution in [3.63, 3.8) is 0 Å². The van der Waals surface area contributed by atoms with E-state index in [2.05, 4.69) is 9.88 Å². The Morgan fingerprint density at radius 1 is 1.11 bits per heavy atom. The lowest BCUT2D eigenvalue weighted by Gasteiger charge is -2.39. The number of ether oxygens (including phenoxy) is 3.